The minimum Gasteiger partial charge on any atom is -0.374 e. The largest absolute Gasteiger partial charge is 0.374 e. The van der Waals surface area contributed by atoms with Crippen molar-refractivity contribution in [3.8, 4) is 11.5 Å². The van der Waals surface area contributed by atoms with Crippen molar-refractivity contribution in [3.63, 3.8) is 0 Å². The monoisotopic (exact) mass is 217 g/mol. The normalized spacial score (nSPS) is 10.9. The number of imidazole rings is 1. The highest BCUT2D eigenvalue weighted by Gasteiger charge is 2.08. The molecule has 3 heterocycles. The Morgan fingerprint density at radius 1 is 1.27 bits per heavy atom. The van der Waals surface area contributed by atoms with Gasteiger partial charge in [0.15, 0.2) is 11.0 Å². The molecule has 0 amide bonds. The minimum absolute atomic E-state index is 0.460. The number of nitrogens with zero attached hydrogens (tertiary/aromatic N) is 4. The van der Waals surface area contributed by atoms with Crippen LogP contribution in [0.2, 0.25) is 0 Å². The summed E-state index contributed by atoms with van der Waals surface area (Å²) in [5.74, 6) is 0.584. The molecular weight excluding hydrogens is 210 g/mol. The van der Waals surface area contributed by atoms with E-state index in [9.17, 15) is 0 Å². The molecule has 0 radical (unpaired) electrons. The molecule has 15 heavy (non-hydrogen) atoms. The van der Waals surface area contributed by atoms with Gasteiger partial charge in [-0.15, -0.1) is 0 Å². The molecule has 3 aromatic rings. The Morgan fingerprint density at radius 2 is 2.20 bits per heavy atom. The molecule has 0 saturated heterocycles. The third kappa shape index (κ3) is 1.35. The zero-order valence-corrected chi connectivity index (χ0v) is 8.48. The summed E-state index contributed by atoms with van der Waals surface area (Å²) in [6.45, 7) is 0. The molecule has 0 aliphatic rings. The summed E-state index contributed by atoms with van der Waals surface area (Å²) in [5.41, 5.74) is 7.14. The van der Waals surface area contributed by atoms with E-state index < -0.39 is 0 Å². The van der Waals surface area contributed by atoms with Crippen molar-refractivity contribution < 1.29 is 0 Å². The van der Waals surface area contributed by atoms with Crippen LogP contribution in [-0.2, 0) is 0 Å². The first-order valence-corrected chi connectivity index (χ1v) is 5.13. The average molecular weight is 217 g/mol. The zero-order chi connectivity index (χ0) is 10.3. The van der Waals surface area contributed by atoms with Crippen molar-refractivity contribution in [1.29, 1.82) is 0 Å². The summed E-state index contributed by atoms with van der Waals surface area (Å²) >= 11 is 1.18. The first-order valence-electron chi connectivity index (χ1n) is 4.36. The second-order valence-corrected chi connectivity index (χ2v) is 3.83. The van der Waals surface area contributed by atoms with Crippen LogP contribution in [0.25, 0.3) is 17.2 Å². The highest BCUT2D eigenvalue weighted by Crippen LogP contribution is 2.18. The van der Waals surface area contributed by atoms with Crippen LogP contribution < -0.4 is 5.73 Å². The molecule has 0 fully saturated rings. The Bertz CT molecular complexity index is 579. The Morgan fingerprint density at radius 3 is 2.93 bits per heavy atom. The molecular formula is C9H7N5S. The highest BCUT2D eigenvalue weighted by molar-refractivity contribution is 7.09. The van der Waals surface area contributed by atoms with Gasteiger partial charge in [-0.1, -0.05) is 6.07 Å². The van der Waals surface area contributed by atoms with Crippen molar-refractivity contribution in [2.75, 3.05) is 5.73 Å². The van der Waals surface area contributed by atoms with E-state index in [2.05, 4.69) is 14.3 Å². The molecule has 0 aromatic carbocycles. The highest BCUT2D eigenvalue weighted by atomic mass is 32.1. The summed E-state index contributed by atoms with van der Waals surface area (Å²) in [7, 11) is 0. The quantitative estimate of drug-likeness (QED) is 0.669. The van der Waals surface area contributed by atoms with E-state index in [0.717, 1.165) is 11.3 Å². The fourth-order valence-electron chi connectivity index (χ4n) is 1.38. The second kappa shape index (κ2) is 3.03. The predicted octanol–water partition coefficient (Wildman–Crippen LogP) is 1.43. The molecule has 0 aliphatic carbocycles. The number of anilines is 1. The van der Waals surface area contributed by atoms with Crippen LogP contribution >= 0.6 is 11.5 Å². The van der Waals surface area contributed by atoms with Gasteiger partial charge in [0, 0.05) is 23.9 Å². The van der Waals surface area contributed by atoms with E-state index >= 15 is 0 Å². The number of fused-ring (bicyclic) bond motifs is 1. The standard InChI is InChI=1S/C9H7N5S/c10-9-12-8(13-15-9)6-5-14-4-2-1-3-7(14)11-6/h1-5H,(H2,10,12,13). The minimum atomic E-state index is 0.460. The van der Waals surface area contributed by atoms with Gasteiger partial charge < -0.3 is 10.1 Å². The van der Waals surface area contributed by atoms with Gasteiger partial charge in [-0.2, -0.15) is 9.36 Å². The number of hydrogen-bond acceptors (Lipinski definition) is 5. The lowest BCUT2D eigenvalue weighted by molar-refractivity contribution is 1.19. The summed E-state index contributed by atoms with van der Waals surface area (Å²) in [4.78, 5) is 8.47. The SMILES string of the molecule is Nc1nc(-c2cn3ccccc3n2)ns1. The third-order valence-electron chi connectivity index (χ3n) is 2.03. The van der Waals surface area contributed by atoms with Gasteiger partial charge in [0.2, 0.25) is 0 Å². The van der Waals surface area contributed by atoms with Gasteiger partial charge in [-0.3, -0.25) is 0 Å². The maximum absolute atomic E-state index is 5.52. The van der Waals surface area contributed by atoms with E-state index in [-0.39, 0.29) is 0 Å². The maximum atomic E-state index is 5.52. The van der Waals surface area contributed by atoms with E-state index in [1.165, 1.54) is 11.5 Å². The van der Waals surface area contributed by atoms with Crippen LogP contribution in [0.4, 0.5) is 5.13 Å². The summed E-state index contributed by atoms with van der Waals surface area (Å²) in [6, 6.07) is 5.81. The van der Waals surface area contributed by atoms with Crippen LogP contribution in [0.1, 0.15) is 0 Å². The van der Waals surface area contributed by atoms with Gasteiger partial charge in [-0.05, 0) is 12.1 Å². The van der Waals surface area contributed by atoms with Crippen LogP contribution in [0.5, 0.6) is 0 Å². The number of hydrogen-bond donors (Lipinski definition) is 1. The summed E-state index contributed by atoms with van der Waals surface area (Å²) in [6.07, 6.45) is 3.82. The lowest BCUT2D eigenvalue weighted by Gasteiger charge is -1.86. The summed E-state index contributed by atoms with van der Waals surface area (Å²) < 4.78 is 6.03. The summed E-state index contributed by atoms with van der Waals surface area (Å²) in [5, 5.41) is 0.460. The Balaban J connectivity index is 2.19. The van der Waals surface area contributed by atoms with Crippen molar-refractivity contribution in [1.82, 2.24) is 18.7 Å². The molecule has 0 bridgehead atoms. The van der Waals surface area contributed by atoms with Crippen molar-refractivity contribution in [2.24, 2.45) is 0 Å². The molecule has 2 N–H and O–H groups in total. The molecule has 3 rings (SSSR count). The number of rotatable bonds is 1. The molecule has 5 nitrogen and oxygen atoms in total. The Labute approximate surface area is 89.4 Å². The molecule has 0 atom stereocenters. The number of nitrogens with two attached hydrogens (primary N) is 1. The molecule has 0 aliphatic heterocycles. The fourth-order valence-corrected chi connectivity index (χ4v) is 1.82. The zero-order valence-electron chi connectivity index (χ0n) is 7.66. The van der Waals surface area contributed by atoms with E-state index in [4.69, 9.17) is 5.73 Å². The maximum Gasteiger partial charge on any atom is 0.200 e. The van der Waals surface area contributed by atoms with E-state index in [1.54, 1.807) is 0 Å². The lowest BCUT2D eigenvalue weighted by atomic mass is 10.5. The number of pyridine rings is 1. The Kier molecular flexibility index (Phi) is 1.69. The van der Waals surface area contributed by atoms with Crippen LogP contribution in [0.15, 0.2) is 30.6 Å². The van der Waals surface area contributed by atoms with Crippen LogP contribution in [0.3, 0.4) is 0 Å². The van der Waals surface area contributed by atoms with Crippen LogP contribution in [-0.4, -0.2) is 18.7 Å². The second-order valence-electron chi connectivity index (χ2n) is 3.05. The molecule has 0 unspecified atom stereocenters. The molecule has 6 heteroatoms. The van der Waals surface area contributed by atoms with E-state index in [1.807, 2.05) is 35.0 Å². The van der Waals surface area contributed by atoms with Crippen molar-refractivity contribution in [3.05, 3.63) is 30.6 Å². The van der Waals surface area contributed by atoms with Crippen LogP contribution in [0, 0.1) is 0 Å². The fraction of sp³-hybridized carbons (Fsp3) is 0. The smallest absolute Gasteiger partial charge is 0.200 e. The number of aromatic nitrogens is 4. The first-order chi connectivity index (χ1) is 7.33. The first kappa shape index (κ1) is 8.37. The van der Waals surface area contributed by atoms with Crippen molar-refractivity contribution in [2.45, 2.75) is 0 Å². The van der Waals surface area contributed by atoms with E-state index in [0.29, 0.717) is 11.0 Å². The average Bonchev–Trinajstić information content (AvgIpc) is 2.82. The van der Waals surface area contributed by atoms with Gasteiger partial charge in [0.25, 0.3) is 0 Å². The topological polar surface area (TPSA) is 69.1 Å². The third-order valence-corrected chi connectivity index (χ3v) is 2.58. The predicted molar refractivity (Wildman–Crippen MR) is 58.5 cm³/mol. The van der Waals surface area contributed by atoms with Gasteiger partial charge in [-0.25, -0.2) is 4.98 Å². The van der Waals surface area contributed by atoms with Gasteiger partial charge >= 0.3 is 0 Å². The lowest BCUT2D eigenvalue weighted by Crippen LogP contribution is -1.83. The number of nitrogen functional groups attached to an aromatic ring is 1. The Hall–Kier alpha value is -1.95. The van der Waals surface area contributed by atoms with Gasteiger partial charge in [0.05, 0.1) is 0 Å². The van der Waals surface area contributed by atoms with Gasteiger partial charge in [0.1, 0.15) is 11.3 Å². The molecule has 3 aromatic heterocycles. The molecule has 0 spiro atoms. The van der Waals surface area contributed by atoms with Crippen molar-refractivity contribution >= 4 is 22.3 Å². The molecule has 0 saturated carbocycles. The molecule has 74 valence electrons.